The molecule has 0 radical (unpaired) electrons. The van der Waals surface area contributed by atoms with Gasteiger partial charge in [-0.15, -0.1) is 0 Å². The van der Waals surface area contributed by atoms with Crippen LogP contribution in [0.5, 0.6) is 0 Å². The van der Waals surface area contributed by atoms with Crippen molar-refractivity contribution in [2.24, 2.45) is 0 Å². The molecule has 1 fully saturated rings. The molecule has 0 saturated carbocycles. The number of amides is 2. The first-order valence-corrected chi connectivity index (χ1v) is 9.67. The first-order chi connectivity index (χ1) is 13.2. The van der Waals surface area contributed by atoms with Gasteiger partial charge in [-0.2, -0.15) is 4.98 Å². The minimum atomic E-state index is -0.120. The predicted molar refractivity (Wildman–Crippen MR) is 101 cm³/mol. The molecule has 0 unspecified atom stereocenters. The Bertz CT molecular complexity index is 781. The number of benzene rings is 1. The summed E-state index contributed by atoms with van der Waals surface area (Å²) in [7, 11) is 0. The number of nitrogens with zero attached hydrogens (tertiary/aromatic N) is 3. The molecule has 1 aromatic heterocycles. The van der Waals surface area contributed by atoms with Gasteiger partial charge in [0.15, 0.2) is 5.82 Å². The van der Waals surface area contributed by atoms with Gasteiger partial charge in [0.05, 0.1) is 11.3 Å². The van der Waals surface area contributed by atoms with E-state index in [-0.39, 0.29) is 11.8 Å². The molecule has 0 aliphatic carbocycles. The number of likely N-dealkylation sites (tertiary alicyclic amines) is 1. The van der Waals surface area contributed by atoms with Crippen LogP contribution in [0.25, 0.3) is 0 Å². The molecule has 1 aliphatic rings. The van der Waals surface area contributed by atoms with Crippen molar-refractivity contribution < 1.29 is 14.1 Å². The van der Waals surface area contributed by atoms with Crippen LogP contribution in [0.15, 0.2) is 28.8 Å². The smallest absolute Gasteiger partial charge is 0.255 e. The zero-order valence-corrected chi connectivity index (χ0v) is 15.7. The summed E-state index contributed by atoms with van der Waals surface area (Å²) in [5.74, 6) is 1.14. The number of anilines is 1. The lowest BCUT2D eigenvalue weighted by molar-refractivity contribution is -0.116. The number of para-hydroxylation sites is 1. The largest absolute Gasteiger partial charge is 0.339 e. The van der Waals surface area contributed by atoms with Crippen molar-refractivity contribution in [2.45, 2.75) is 51.9 Å². The van der Waals surface area contributed by atoms with Crippen LogP contribution in [0.2, 0.25) is 0 Å². The van der Waals surface area contributed by atoms with E-state index in [9.17, 15) is 9.59 Å². The summed E-state index contributed by atoms with van der Waals surface area (Å²) < 4.78 is 5.18. The number of aromatic nitrogens is 2. The van der Waals surface area contributed by atoms with Gasteiger partial charge >= 0.3 is 0 Å². The third-order valence-corrected chi connectivity index (χ3v) is 4.60. The van der Waals surface area contributed by atoms with E-state index < -0.39 is 0 Å². The van der Waals surface area contributed by atoms with Crippen LogP contribution in [0.1, 0.15) is 61.1 Å². The van der Waals surface area contributed by atoms with E-state index in [1.165, 1.54) is 0 Å². The van der Waals surface area contributed by atoms with Gasteiger partial charge in [0.25, 0.3) is 5.91 Å². The molecule has 7 heteroatoms. The topological polar surface area (TPSA) is 88.3 Å². The molecule has 7 nitrogen and oxygen atoms in total. The van der Waals surface area contributed by atoms with Gasteiger partial charge in [-0.25, -0.2) is 0 Å². The van der Waals surface area contributed by atoms with E-state index in [0.29, 0.717) is 42.2 Å². The summed E-state index contributed by atoms with van der Waals surface area (Å²) in [4.78, 5) is 31.1. The average molecular weight is 370 g/mol. The zero-order chi connectivity index (χ0) is 19.1. The highest BCUT2D eigenvalue weighted by molar-refractivity contribution is 6.03. The summed E-state index contributed by atoms with van der Waals surface area (Å²) in [5, 5.41) is 6.78. The highest BCUT2D eigenvalue weighted by atomic mass is 16.5. The fourth-order valence-electron chi connectivity index (χ4n) is 3.20. The standard InChI is InChI=1S/C20H26N4O3/c1-2-8-17-22-19(27-23-17)12-7-11-18(25)21-16-10-4-3-9-15(16)20(26)24-13-5-6-14-24/h3-4,9-10H,2,5-8,11-14H2,1H3,(H,21,25). The number of carbonyl (C=O) groups excluding carboxylic acids is 2. The maximum absolute atomic E-state index is 12.7. The van der Waals surface area contributed by atoms with Crippen LogP contribution >= 0.6 is 0 Å². The van der Waals surface area contributed by atoms with Crippen LogP contribution in [0.4, 0.5) is 5.69 Å². The Hall–Kier alpha value is -2.70. The Labute approximate surface area is 159 Å². The highest BCUT2D eigenvalue weighted by Gasteiger charge is 2.22. The number of nitrogens with one attached hydrogen (secondary N) is 1. The predicted octanol–water partition coefficient (Wildman–Crippen LogP) is 3.22. The molecule has 0 spiro atoms. The van der Waals surface area contributed by atoms with E-state index >= 15 is 0 Å². The molecule has 1 aromatic carbocycles. The van der Waals surface area contributed by atoms with Gasteiger partial charge < -0.3 is 14.7 Å². The van der Waals surface area contributed by atoms with Crippen LogP contribution < -0.4 is 5.32 Å². The quantitative estimate of drug-likeness (QED) is 0.771. The zero-order valence-electron chi connectivity index (χ0n) is 15.7. The van der Waals surface area contributed by atoms with Gasteiger partial charge in [-0.3, -0.25) is 9.59 Å². The number of aryl methyl sites for hydroxylation is 2. The lowest BCUT2D eigenvalue weighted by Crippen LogP contribution is -2.28. The molecule has 144 valence electrons. The highest BCUT2D eigenvalue weighted by Crippen LogP contribution is 2.20. The van der Waals surface area contributed by atoms with E-state index in [1.807, 2.05) is 17.0 Å². The Kier molecular flexibility index (Phi) is 6.57. The third kappa shape index (κ3) is 5.15. The second-order valence-corrected chi connectivity index (χ2v) is 6.80. The van der Waals surface area contributed by atoms with Crippen molar-refractivity contribution in [1.82, 2.24) is 15.0 Å². The Morgan fingerprint density at radius 3 is 2.74 bits per heavy atom. The number of hydrogen-bond acceptors (Lipinski definition) is 5. The van der Waals surface area contributed by atoms with Crippen molar-refractivity contribution in [3.63, 3.8) is 0 Å². The first-order valence-electron chi connectivity index (χ1n) is 9.67. The van der Waals surface area contributed by atoms with Crippen LogP contribution in [0, 0.1) is 0 Å². The second kappa shape index (κ2) is 9.30. The minimum absolute atomic E-state index is 0.0160. The molecule has 1 saturated heterocycles. The average Bonchev–Trinajstić information content (AvgIpc) is 3.34. The van der Waals surface area contributed by atoms with Gasteiger partial charge in [0, 0.05) is 32.4 Å². The van der Waals surface area contributed by atoms with E-state index in [4.69, 9.17) is 4.52 Å². The monoisotopic (exact) mass is 370 g/mol. The molecule has 1 N–H and O–H groups in total. The van der Waals surface area contributed by atoms with Crippen LogP contribution in [-0.2, 0) is 17.6 Å². The van der Waals surface area contributed by atoms with Crippen LogP contribution in [-0.4, -0.2) is 39.9 Å². The fraction of sp³-hybridized carbons (Fsp3) is 0.500. The second-order valence-electron chi connectivity index (χ2n) is 6.80. The molecule has 2 amide bonds. The first kappa shape index (κ1) is 19.1. The van der Waals surface area contributed by atoms with E-state index in [0.717, 1.165) is 38.8 Å². The molecule has 0 bridgehead atoms. The van der Waals surface area contributed by atoms with Gasteiger partial charge in [-0.1, -0.05) is 24.2 Å². The number of carbonyl (C=O) groups is 2. The molecular formula is C20H26N4O3. The maximum Gasteiger partial charge on any atom is 0.255 e. The molecular weight excluding hydrogens is 344 g/mol. The Balaban J connectivity index is 1.52. The fourth-order valence-corrected chi connectivity index (χ4v) is 3.20. The van der Waals surface area contributed by atoms with Crippen LogP contribution in [0.3, 0.4) is 0 Å². The van der Waals surface area contributed by atoms with E-state index in [1.54, 1.807) is 12.1 Å². The van der Waals surface area contributed by atoms with Crippen molar-refractivity contribution in [3.05, 3.63) is 41.5 Å². The number of rotatable bonds is 8. The maximum atomic E-state index is 12.7. The third-order valence-electron chi connectivity index (χ3n) is 4.60. The molecule has 2 heterocycles. The summed E-state index contributed by atoms with van der Waals surface area (Å²) >= 11 is 0. The molecule has 0 atom stereocenters. The summed E-state index contributed by atoms with van der Waals surface area (Å²) in [6.45, 7) is 3.63. The van der Waals surface area contributed by atoms with Gasteiger partial charge in [0.2, 0.25) is 11.8 Å². The molecule has 27 heavy (non-hydrogen) atoms. The molecule has 1 aliphatic heterocycles. The van der Waals surface area contributed by atoms with Crippen molar-refractivity contribution in [3.8, 4) is 0 Å². The molecule has 3 rings (SSSR count). The van der Waals surface area contributed by atoms with Crippen molar-refractivity contribution >= 4 is 17.5 Å². The van der Waals surface area contributed by atoms with E-state index in [2.05, 4.69) is 22.4 Å². The SMILES string of the molecule is CCCc1noc(CCCC(=O)Nc2ccccc2C(=O)N2CCCC2)n1. The molecule has 2 aromatic rings. The summed E-state index contributed by atoms with van der Waals surface area (Å²) in [5.41, 5.74) is 1.12. The summed E-state index contributed by atoms with van der Waals surface area (Å²) in [6.07, 6.45) is 5.35. The van der Waals surface area contributed by atoms with Crippen molar-refractivity contribution in [2.75, 3.05) is 18.4 Å². The lowest BCUT2D eigenvalue weighted by atomic mass is 10.1. The summed E-state index contributed by atoms with van der Waals surface area (Å²) in [6, 6.07) is 7.19. The Morgan fingerprint density at radius 1 is 1.19 bits per heavy atom. The minimum Gasteiger partial charge on any atom is -0.339 e. The normalized spacial score (nSPS) is 13.7. The Morgan fingerprint density at radius 2 is 1.96 bits per heavy atom. The van der Waals surface area contributed by atoms with Gasteiger partial charge in [0.1, 0.15) is 0 Å². The van der Waals surface area contributed by atoms with Crippen molar-refractivity contribution in [1.29, 1.82) is 0 Å². The number of hydrogen-bond donors (Lipinski definition) is 1. The van der Waals surface area contributed by atoms with Gasteiger partial charge in [-0.05, 0) is 37.8 Å². The lowest BCUT2D eigenvalue weighted by Gasteiger charge is -2.17.